The van der Waals surface area contributed by atoms with E-state index >= 15 is 4.79 Å². The first-order valence-electron chi connectivity index (χ1n) is 17.1. The minimum absolute atomic E-state index is 0.0481. The number of carbonyl (C=O) groups is 4. The van der Waals surface area contributed by atoms with Crippen LogP contribution in [-0.2, 0) is 38.1 Å². The fourth-order valence-electron chi connectivity index (χ4n) is 11.9. The Morgan fingerprint density at radius 3 is 2.24 bits per heavy atom. The molecule has 2 aliphatic heterocycles. The number of halogens is 1. The predicted molar refractivity (Wildman–Crippen MR) is 171 cm³/mol. The zero-order chi connectivity index (χ0) is 35.8. The van der Waals surface area contributed by atoms with Gasteiger partial charge in [0.25, 0.3) is 0 Å². The molecule has 12 nitrogen and oxygen atoms in total. The quantitative estimate of drug-likeness (QED) is 0.260. The largest absolute Gasteiger partial charge is 0.472 e. The summed E-state index contributed by atoms with van der Waals surface area (Å²) < 4.78 is 36.4. The summed E-state index contributed by atoms with van der Waals surface area (Å²) >= 11 is 6.04. The highest BCUT2D eigenvalue weighted by atomic mass is 35.5. The molecule has 14 atom stereocenters. The summed E-state index contributed by atoms with van der Waals surface area (Å²) in [5.41, 5.74) is -5.17. The van der Waals surface area contributed by atoms with Gasteiger partial charge in [0.15, 0.2) is 11.9 Å². The van der Waals surface area contributed by atoms with Crippen LogP contribution in [0.3, 0.4) is 0 Å². The lowest BCUT2D eigenvalue weighted by Crippen LogP contribution is -2.82. The molecule has 2 saturated heterocycles. The van der Waals surface area contributed by atoms with Gasteiger partial charge in [-0.05, 0) is 61.6 Å². The number of epoxide rings is 1. The Labute approximate surface area is 293 Å². The van der Waals surface area contributed by atoms with Crippen molar-refractivity contribution in [3.8, 4) is 0 Å². The summed E-state index contributed by atoms with van der Waals surface area (Å²) in [6, 6.07) is 7.97. The molecule has 1 aromatic carbocycles. The minimum Gasteiger partial charge on any atom is -0.472 e. The van der Waals surface area contributed by atoms with Gasteiger partial charge in [0.2, 0.25) is 6.29 Å². The van der Waals surface area contributed by atoms with Crippen molar-refractivity contribution in [1.29, 1.82) is 0 Å². The van der Waals surface area contributed by atoms with E-state index in [1.807, 2.05) is 19.9 Å². The SMILES string of the molecule is CC(=O)O[C@@H]1C[C@H](O)[C@@]23CO[C@H](OC(=O)c4ccc(Cl)cc4)[C@]1(C)[C@@H]2C[C@@H](O)[C@]1(C)[C@@H]3C(=O)[C@H](OC(C)=O)[C@@]2(C)[C@H](c3ccoc3)C[C@H]3O[C@]321. The molecule has 3 heterocycles. The maximum Gasteiger partial charge on any atom is 0.340 e. The first-order valence-corrected chi connectivity index (χ1v) is 17.5. The Bertz CT molecular complexity index is 1760. The molecule has 2 N–H and O–H groups in total. The van der Waals surface area contributed by atoms with Crippen LogP contribution in [0.1, 0.15) is 75.7 Å². The van der Waals surface area contributed by atoms with E-state index in [4.69, 9.17) is 39.7 Å². The summed E-state index contributed by atoms with van der Waals surface area (Å²) in [4.78, 5) is 54.1. The van der Waals surface area contributed by atoms with Crippen molar-refractivity contribution in [2.24, 2.45) is 33.5 Å². The number of furan rings is 1. The molecule has 0 radical (unpaired) electrons. The number of benzene rings is 1. The van der Waals surface area contributed by atoms with E-state index < -0.39 is 93.5 Å². The van der Waals surface area contributed by atoms with E-state index in [9.17, 15) is 24.6 Å². The molecule has 4 aliphatic carbocycles. The van der Waals surface area contributed by atoms with Crippen molar-refractivity contribution < 1.29 is 57.5 Å². The second kappa shape index (κ2) is 10.9. The first kappa shape index (κ1) is 33.8. The van der Waals surface area contributed by atoms with Crippen LogP contribution < -0.4 is 0 Å². The van der Waals surface area contributed by atoms with Crippen LogP contribution in [0.2, 0.25) is 5.02 Å². The maximum absolute atomic E-state index is 15.4. The Hall–Kier alpha value is -3.29. The summed E-state index contributed by atoms with van der Waals surface area (Å²) in [7, 11) is 0. The fraction of sp³-hybridized carbons (Fsp3) is 0.622. The minimum atomic E-state index is -1.38. The molecule has 1 spiro atoms. The van der Waals surface area contributed by atoms with E-state index in [1.165, 1.54) is 26.0 Å². The van der Waals surface area contributed by atoms with Crippen LogP contribution in [-0.4, -0.2) is 82.9 Å². The van der Waals surface area contributed by atoms with Gasteiger partial charge in [0.05, 0.1) is 53.8 Å². The van der Waals surface area contributed by atoms with Crippen LogP contribution in [0.4, 0.5) is 0 Å². The lowest BCUT2D eigenvalue weighted by molar-refractivity contribution is -0.372. The molecule has 1 aromatic heterocycles. The Kier molecular flexibility index (Phi) is 7.35. The number of hydrogen-bond acceptors (Lipinski definition) is 12. The van der Waals surface area contributed by atoms with Crippen molar-refractivity contribution in [3.05, 3.63) is 59.0 Å². The number of carbonyl (C=O) groups excluding carboxylic acids is 4. The zero-order valence-electron chi connectivity index (χ0n) is 28.4. The predicted octanol–water partition coefficient (Wildman–Crippen LogP) is 3.98. The number of ether oxygens (including phenoxy) is 5. The molecule has 0 amide bonds. The summed E-state index contributed by atoms with van der Waals surface area (Å²) in [6.07, 6.45) is -2.78. The normalized spacial score (nSPS) is 46.8. The third kappa shape index (κ3) is 3.97. The number of Topliss-reactive ketones (excluding diaryl/α,β-unsaturated/α-hetero) is 1. The van der Waals surface area contributed by atoms with E-state index in [-0.39, 0.29) is 37.0 Å². The number of hydrogen-bond donors (Lipinski definition) is 2. The molecule has 8 rings (SSSR count). The van der Waals surface area contributed by atoms with Gasteiger partial charge in [-0.1, -0.05) is 25.4 Å². The van der Waals surface area contributed by atoms with Crippen LogP contribution in [0, 0.1) is 33.5 Å². The standard InChI is InChI=1S/C37H41ClO12/c1-17(39)47-26-14-25(42)36-16-46-32(49-31(44)19-6-8-21(38)9-7-19)33(26,3)23(36)13-24(41)35(5)29(36)28(43)30(48-18(2)40)34(4)22(20-10-11-45-15-20)12-27-37(34,35)50-27/h6-11,15,22-27,29-30,32,41-42H,12-14,16H2,1-5H3/t22-,23-,24+,25-,26+,27+,29-,30-,32+,33+,34+,35+,36+,37+/m0/s1. The Morgan fingerprint density at radius 2 is 1.60 bits per heavy atom. The molecular formula is C37H41ClO12. The van der Waals surface area contributed by atoms with Gasteiger partial charge in [-0.2, -0.15) is 0 Å². The highest BCUT2D eigenvalue weighted by Gasteiger charge is 2.92. The van der Waals surface area contributed by atoms with Gasteiger partial charge < -0.3 is 38.3 Å². The van der Waals surface area contributed by atoms with Gasteiger partial charge in [0, 0.05) is 48.0 Å². The smallest absolute Gasteiger partial charge is 0.340 e. The van der Waals surface area contributed by atoms with Crippen molar-refractivity contribution >= 4 is 35.3 Å². The first-order chi connectivity index (χ1) is 23.6. The summed E-state index contributed by atoms with van der Waals surface area (Å²) in [6.45, 7) is 7.76. The summed E-state index contributed by atoms with van der Waals surface area (Å²) in [5.74, 6) is -4.62. The van der Waals surface area contributed by atoms with Crippen molar-refractivity contribution in [1.82, 2.24) is 0 Å². The molecule has 4 saturated carbocycles. The second-order valence-electron chi connectivity index (χ2n) is 15.8. The fourth-order valence-corrected chi connectivity index (χ4v) is 12.0. The van der Waals surface area contributed by atoms with Crippen LogP contribution >= 0.6 is 11.6 Å². The molecule has 50 heavy (non-hydrogen) atoms. The van der Waals surface area contributed by atoms with E-state index in [0.717, 1.165) is 5.56 Å². The molecule has 13 heteroatoms. The number of esters is 3. The van der Waals surface area contributed by atoms with Gasteiger partial charge in [-0.25, -0.2) is 4.79 Å². The Morgan fingerprint density at radius 1 is 0.900 bits per heavy atom. The molecule has 2 bridgehead atoms. The molecule has 2 aromatic rings. The van der Waals surface area contributed by atoms with Crippen LogP contribution in [0.25, 0.3) is 0 Å². The second-order valence-corrected chi connectivity index (χ2v) is 16.2. The average Bonchev–Trinajstić information content (AvgIpc) is 3.41. The van der Waals surface area contributed by atoms with E-state index in [0.29, 0.717) is 11.4 Å². The highest BCUT2D eigenvalue weighted by Crippen LogP contribution is 2.83. The van der Waals surface area contributed by atoms with Crippen LogP contribution in [0.5, 0.6) is 0 Å². The lowest BCUT2D eigenvalue weighted by Gasteiger charge is -2.73. The zero-order valence-corrected chi connectivity index (χ0v) is 29.2. The number of aliphatic hydroxyl groups excluding tert-OH is 2. The average molecular weight is 713 g/mol. The number of rotatable bonds is 5. The number of fused-ring (bicyclic) bond motifs is 1. The highest BCUT2D eigenvalue weighted by molar-refractivity contribution is 6.30. The van der Waals surface area contributed by atoms with Gasteiger partial charge in [0.1, 0.15) is 11.7 Å². The van der Waals surface area contributed by atoms with Crippen LogP contribution in [0.15, 0.2) is 47.3 Å². The van der Waals surface area contributed by atoms with E-state index in [1.54, 1.807) is 31.6 Å². The molecular weight excluding hydrogens is 672 g/mol. The molecule has 6 fully saturated rings. The molecule has 0 unspecified atom stereocenters. The third-order valence-electron chi connectivity index (χ3n) is 13.8. The molecule has 268 valence electrons. The van der Waals surface area contributed by atoms with Gasteiger partial charge >= 0.3 is 17.9 Å². The molecule has 6 aliphatic rings. The van der Waals surface area contributed by atoms with Gasteiger partial charge in [-0.15, -0.1) is 0 Å². The Balaban J connectivity index is 1.27. The van der Waals surface area contributed by atoms with Crippen molar-refractivity contribution in [3.63, 3.8) is 0 Å². The number of ketones is 1. The van der Waals surface area contributed by atoms with Crippen molar-refractivity contribution in [2.75, 3.05) is 6.61 Å². The number of aliphatic hydroxyl groups is 2. The van der Waals surface area contributed by atoms with Crippen molar-refractivity contribution in [2.45, 2.75) is 102 Å². The maximum atomic E-state index is 15.4. The monoisotopic (exact) mass is 712 g/mol. The topological polar surface area (TPSA) is 171 Å². The van der Waals surface area contributed by atoms with E-state index in [2.05, 4.69) is 0 Å². The summed E-state index contributed by atoms with van der Waals surface area (Å²) in [5, 5.41) is 25.3. The third-order valence-corrected chi connectivity index (χ3v) is 14.1. The van der Waals surface area contributed by atoms with Gasteiger partial charge in [-0.3, -0.25) is 14.4 Å². The lowest BCUT2D eigenvalue weighted by atomic mass is 9.33.